The molecule has 5 aromatic rings. The van der Waals surface area contributed by atoms with Crippen LogP contribution < -0.4 is 4.90 Å². The quantitative estimate of drug-likeness (QED) is 0.343. The van der Waals surface area contributed by atoms with Gasteiger partial charge in [-0.05, 0) is 24.7 Å². The number of fused-ring (bicyclic) bond motifs is 2. The molecule has 7 rings (SSSR count). The van der Waals surface area contributed by atoms with Crippen LogP contribution in [0.1, 0.15) is 12.0 Å². The van der Waals surface area contributed by atoms with Gasteiger partial charge in [-0.25, -0.2) is 28.1 Å². The Morgan fingerprint density at radius 1 is 1.02 bits per heavy atom. The molecule has 0 atom stereocenters. The Kier molecular flexibility index (Phi) is 5.93. The number of aromatic nitrogens is 7. The minimum Gasteiger partial charge on any atom is -0.367 e. The van der Waals surface area contributed by atoms with Gasteiger partial charge in [-0.1, -0.05) is 0 Å². The van der Waals surface area contributed by atoms with Crippen LogP contribution >= 0.6 is 0 Å². The molecule has 2 N–H and O–H groups in total. The topological polar surface area (TPSA) is 106 Å². The second-order valence-corrected chi connectivity index (χ2v) is 10.6. The Balaban J connectivity index is 1.24. The zero-order chi connectivity index (χ0) is 27.4. The van der Waals surface area contributed by atoms with Crippen LogP contribution in [0.2, 0.25) is 0 Å². The number of likely N-dealkylation sites (N-methyl/N-ethyl adjacent to an activating group) is 1. The van der Waals surface area contributed by atoms with Crippen molar-refractivity contribution in [2.45, 2.75) is 18.9 Å². The fraction of sp³-hybridized carbons (Fsp3) is 0.370. The number of rotatable bonds is 5. The highest BCUT2D eigenvalue weighted by Gasteiger charge is 2.38. The molecule has 0 saturated carbocycles. The van der Waals surface area contributed by atoms with Gasteiger partial charge >= 0.3 is 0 Å². The maximum atomic E-state index is 16.1. The first kappa shape index (κ1) is 24.9. The van der Waals surface area contributed by atoms with Crippen molar-refractivity contribution in [2.24, 2.45) is 0 Å². The number of imidazole rings is 1. The summed E-state index contributed by atoms with van der Waals surface area (Å²) < 4.78 is 43.4. The van der Waals surface area contributed by atoms with E-state index in [1.165, 1.54) is 6.20 Å². The standard InChI is InChI=1S/C27H27F3N10/c1-38-6-8-40(9-7-38)19-2-4-32-25-22(19)34-26(35-25)23-20-21(28)18(13-33-24(20)37-36-23)17-10-16(11-31-12-17)14-39-5-3-27(29,30)15-39/h2,4,10-13H,3,5-9,14-15H2,1H3,(H,32,34,35)(H,33,36,37). The van der Waals surface area contributed by atoms with Crippen molar-refractivity contribution in [1.29, 1.82) is 0 Å². The molecule has 13 heteroatoms. The van der Waals surface area contributed by atoms with Crippen LogP contribution in [-0.2, 0) is 6.54 Å². The van der Waals surface area contributed by atoms with Crippen molar-refractivity contribution in [3.05, 3.63) is 48.3 Å². The van der Waals surface area contributed by atoms with Gasteiger partial charge in [-0.3, -0.25) is 15.0 Å². The van der Waals surface area contributed by atoms with Crippen LogP contribution in [0.5, 0.6) is 0 Å². The number of nitrogens with one attached hydrogen (secondary N) is 2. The number of pyridine rings is 3. The van der Waals surface area contributed by atoms with Gasteiger partial charge in [-0.2, -0.15) is 5.10 Å². The molecule has 0 aromatic carbocycles. The smallest absolute Gasteiger partial charge is 0.261 e. The zero-order valence-electron chi connectivity index (χ0n) is 21.8. The van der Waals surface area contributed by atoms with Crippen molar-refractivity contribution in [1.82, 2.24) is 44.9 Å². The summed E-state index contributed by atoms with van der Waals surface area (Å²) in [5, 5.41) is 7.31. The average Bonchev–Trinajstić information content (AvgIpc) is 3.65. The third kappa shape index (κ3) is 4.44. The molecule has 0 bridgehead atoms. The first-order valence-electron chi connectivity index (χ1n) is 13.2. The number of likely N-dealkylation sites (tertiary alicyclic amines) is 1. The van der Waals surface area contributed by atoms with Crippen LogP contribution in [0, 0.1) is 5.82 Å². The van der Waals surface area contributed by atoms with Crippen molar-refractivity contribution in [2.75, 3.05) is 51.2 Å². The Morgan fingerprint density at radius 3 is 2.67 bits per heavy atom. The van der Waals surface area contributed by atoms with Gasteiger partial charge < -0.3 is 14.8 Å². The summed E-state index contributed by atoms with van der Waals surface area (Å²) in [4.78, 5) is 27.3. The fourth-order valence-corrected chi connectivity index (χ4v) is 5.57. The summed E-state index contributed by atoms with van der Waals surface area (Å²) in [6.07, 6.45) is 6.15. The van der Waals surface area contributed by atoms with Crippen LogP contribution in [0.3, 0.4) is 0 Å². The van der Waals surface area contributed by atoms with Crippen LogP contribution in [-0.4, -0.2) is 97.2 Å². The van der Waals surface area contributed by atoms with Crippen molar-refractivity contribution < 1.29 is 13.2 Å². The first-order valence-corrected chi connectivity index (χ1v) is 13.2. The van der Waals surface area contributed by atoms with E-state index in [0.29, 0.717) is 35.8 Å². The average molecular weight is 549 g/mol. The van der Waals surface area contributed by atoms with E-state index < -0.39 is 11.7 Å². The van der Waals surface area contributed by atoms with Crippen molar-refractivity contribution in [3.63, 3.8) is 0 Å². The molecule has 0 spiro atoms. The highest BCUT2D eigenvalue weighted by atomic mass is 19.3. The van der Waals surface area contributed by atoms with Gasteiger partial charge in [-0.15, -0.1) is 0 Å². The van der Waals surface area contributed by atoms with Gasteiger partial charge in [0.1, 0.15) is 17.0 Å². The summed E-state index contributed by atoms with van der Waals surface area (Å²) in [6, 6.07) is 3.73. The molecule has 0 radical (unpaired) electrons. The van der Waals surface area contributed by atoms with Crippen molar-refractivity contribution >= 4 is 27.9 Å². The summed E-state index contributed by atoms with van der Waals surface area (Å²) in [5.74, 6) is -2.79. The second-order valence-electron chi connectivity index (χ2n) is 10.6. The molecule has 2 aliphatic heterocycles. The maximum Gasteiger partial charge on any atom is 0.261 e. The number of hydrogen-bond acceptors (Lipinski definition) is 8. The molecule has 7 heterocycles. The third-order valence-corrected chi connectivity index (χ3v) is 7.73. The number of piperazine rings is 1. The Morgan fingerprint density at radius 2 is 1.88 bits per heavy atom. The Hall–Kier alpha value is -4.10. The lowest BCUT2D eigenvalue weighted by Crippen LogP contribution is -2.44. The largest absolute Gasteiger partial charge is 0.367 e. The SMILES string of the molecule is CN1CCN(c2ccnc3nc(-c4[nH]nc5ncc(-c6cncc(CN7CCC(F)(F)C7)c6)c(F)c45)[nH]c23)CC1. The van der Waals surface area contributed by atoms with Gasteiger partial charge in [0.05, 0.1) is 17.6 Å². The number of anilines is 1. The summed E-state index contributed by atoms with van der Waals surface area (Å²) >= 11 is 0. The minimum absolute atomic E-state index is 0.160. The molecule has 0 amide bonds. The van der Waals surface area contributed by atoms with E-state index in [9.17, 15) is 8.78 Å². The molecule has 40 heavy (non-hydrogen) atoms. The second kappa shape index (κ2) is 9.52. The molecule has 0 unspecified atom stereocenters. The summed E-state index contributed by atoms with van der Waals surface area (Å²) in [5.41, 5.74) is 4.36. The number of aromatic amines is 2. The number of nitrogens with zero attached hydrogens (tertiary/aromatic N) is 8. The van der Waals surface area contributed by atoms with Gasteiger partial charge in [0.25, 0.3) is 5.92 Å². The van der Waals surface area contributed by atoms with E-state index in [1.807, 2.05) is 6.07 Å². The lowest BCUT2D eigenvalue weighted by Gasteiger charge is -2.34. The number of H-pyrrole nitrogens is 2. The van der Waals surface area contributed by atoms with Crippen LogP contribution in [0.15, 0.2) is 36.9 Å². The van der Waals surface area contributed by atoms with E-state index in [2.05, 4.69) is 52.0 Å². The molecular formula is C27H27F3N10. The van der Waals surface area contributed by atoms with E-state index in [-0.39, 0.29) is 29.6 Å². The molecule has 10 nitrogen and oxygen atoms in total. The molecule has 2 saturated heterocycles. The Labute approximate surface area is 227 Å². The molecule has 206 valence electrons. The van der Waals surface area contributed by atoms with E-state index in [0.717, 1.165) is 42.9 Å². The molecular weight excluding hydrogens is 521 g/mol. The van der Waals surface area contributed by atoms with E-state index in [1.54, 1.807) is 29.6 Å². The first-order chi connectivity index (χ1) is 19.3. The lowest BCUT2D eigenvalue weighted by atomic mass is 10.0. The monoisotopic (exact) mass is 548 g/mol. The third-order valence-electron chi connectivity index (χ3n) is 7.73. The molecule has 5 aromatic heterocycles. The number of alkyl halides is 2. The maximum absolute atomic E-state index is 16.1. The summed E-state index contributed by atoms with van der Waals surface area (Å²) in [7, 11) is 2.11. The number of hydrogen-bond donors (Lipinski definition) is 2. The van der Waals surface area contributed by atoms with E-state index >= 15 is 4.39 Å². The predicted octanol–water partition coefficient (Wildman–Crippen LogP) is 3.69. The fourth-order valence-electron chi connectivity index (χ4n) is 5.57. The highest BCUT2D eigenvalue weighted by Crippen LogP contribution is 2.34. The minimum atomic E-state index is -2.68. The van der Waals surface area contributed by atoms with Gasteiger partial charge in [0, 0.05) is 81.6 Å². The molecule has 0 aliphatic carbocycles. The van der Waals surface area contributed by atoms with E-state index in [4.69, 9.17) is 0 Å². The Bertz CT molecular complexity index is 1710. The molecule has 2 fully saturated rings. The van der Waals surface area contributed by atoms with Crippen LogP contribution in [0.25, 0.3) is 44.8 Å². The van der Waals surface area contributed by atoms with Gasteiger partial charge in [0.15, 0.2) is 17.1 Å². The predicted molar refractivity (Wildman–Crippen MR) is 145 cm³/mol. The normalized spacial score (nSPS) is 18.4. The summed E-state index contributed by atoms with van der Waals surface area (Å²) in [6.45, 7) is 4.00. The van der Waals surface area contributed by atoms with Gasteiger partial charge in [0.2, 0.25) is 0 Å². The number of halogens is 3. The highest BCUT2D eigenvalue weighted by molar-refractivity contribution is 5.95. The zero-order valence-corrected chi connectivity index (χ0v) is 21.8. The van der Waals surface area contributed by atoms with Crippen molar-refractivity contribution in [3.8, 4) is 22.6 Å². The lowest BCUT2D eigenvalue weighted by molar-refractivity contribution is 0.0115. The molecule has 2 aliphatic rings. The van der Waals surface area contributed by atoms with Crippen LogP contribution in [0.4, 0.5) is 18.9 Å².